The molecule has 0 aromatic rings. The molecule has 3 aliphatic heterocycles. The molecule has 6 nitrogen and oxygen atoms in total. The van der Waals surface area contributed by atoms with Gasteiger partial charge in [-0.15, -0.1) is 0 Å². The molecule has 5 rings (SSSR count). The van der Waals surface area contributed by atoms with Gasteiger partial charge in [-0.25, -0.2) is 0 Å². The van der Waals surface area contributed by atoms with Gasteiger partial charge in [0.1, 0.15) is 6.10 Å². The molecule has 0 radical (unpaired) electrons. The van der Waals surface area contributed by atoms with E-state index in [2.05, 4.69) is 17.1 Å². The van der Waals surface area contributed by atoms with E-state index in [0.29, 0.717) is 11.8 Å². The molecule has 1 spiro atoms. The summed E-state index contributed by atoms with van der Waals surface area (Å²) in [5, 5.41) is 3.54. The molecular weight excluding hydrogens is 344 g/mol. The number of rotatable bonds is 5. The van der Waals surface area contributed by atoms with E-state index in [9.17, 15) is 4.79 Å². The molecule has 1 N–H and O–H groups in total. The molecule has 6 atom stereocenters. The third kappa shape index (κ3) is 3.33. The fourth-order valence-corrected chi connectivity index (χ4v) is 6.51. The van der Waals surface area contributed by atoms with Crippen LogP contribution in [-0.4, -0.2) is 75.1 Å². The molecule has 2 aliphatic carbocycles. The summed E-state index contributed by atoms with van der Waals surface area (Å²) in [6.07, 6.45) is 5.98. The highest BCUT2D eigenvalue weighted by atomic mass is 16.6. The van der Waals surface area contributed by atoms with Crippen molar-refractivity contribution in [3.63, 3.8) is 0 Å². The maximum absolute atomic E-state index is 12.6. The third-order valence-corrected chi connectivity index (χ3v) is 8.15. The number of fused-ring (bicyclic) bond motifs is 3. The van der Waals surface area contributed by atoms with Crippen LogP contribution in [0.25, 0.3) is 0 Å². The van der Waals surface area contributed by atoms with Gasteiger partial charge in [0, 0.05) is 38.6 Å². The molecule has 6 heteroatoms. The Hall–Kier alpha value is -0.690. The fraction of sp³-hybridized carbons (Fsp3) is 0.952. The maximum atomic E-state index is 12.6. The van der Waals surface area contributed by atoms with Crippen LogP contribution >= 0.6 is 0 Å². The number of carbonyl (C=O) groups excluding carboxylic acids is 1. The van der Waals surface area contributed by atoms with Gasteiger partial charge in [0.15, 0.2) is 0 Å². The average molecular weight is 379 g/mol. The van der Waals surface area contributed by atoms with Crippen molar-refractivity contribution in [1.82, 2.24) is 10.2 Å². The SMILES string of the molecule is C[C@]12CCC[C@]3(CO3)[C@H]1C[C@H]1[C@@H](C2)OC(=O)[C@@H]1CNCCN1CCOCC1. The minimum atomic E-state index is 0.0157. The highest BCUT2D eigenvalue weighted by Crippen LogP contribution is 2.62. The highest BCUT2D eigenvalue weighted by Gasteiger charge is 2.64. The first-order chi connectivity index (χ1) is 13.1. The Morgan fingerprint density at radius 2 is 2.07 bits per heavy atom. The molecule has 0 aromatic carbocycles. The van der Waals surface area contributed by atoms with Crippen LogP contribution in [0.3, 0.4) is 0 Å². The van der Waals surface area contributed by atoms with Crippen LogP contribution < -0.4 is 5.32 Å². The largest absolute Gasteiger partial charge is 0.462 e. The fourth-order valence-electron chi connectivity index (χ4n) is 6.51. The summed E-state index contributed by atoms with van der Waals surface area (Å²) >= 11 is 0. The predicted molar refractivity (Wildman–Crippen MR) is 100 cm³/mol. The minimum Gasteiger partial charge on any atom is -0.462 e. The molecule has 3 saturated heterocycles. The minimum absolute atomic E-state index is 0.0157. The standard InChI is InChI=1S/C21H34N2O4/c1-20-3-2-4-21(14-26-21)18(20)11-15-16(19(24)27-17(15)12-20)13-22-5-6-23-7-9-25-10-8-23/h15-18,22H,2-14H2,1H3/t15-,16-,17-,18+,20-,21+/m1/s1. The van der Waals surface area contributed by atoms with Crippen molar-refractivity contribution in [2.45, 2.75) is 50.7 Å². The van der Waals surface area contributed by atoms with Crippen molar-refractivity contribution >= 4 is 5.97 Å². The van der Waals surface area contributed by atoms with Crippen molar-refractivity contribution < 1.29 is 19.0 Å². The van der Waals surface area contributed by atoms with E-state index in [-0.39, 0.29) is 29.0 Å². The summed E-state index contributed by atoms with van der Waals surface area (Å²) < 4.78 is 17.3. The third-order valence-electron chi connectivity index (χ3n) is 8.15. The van der Waals surface area contributed by atoms with Crippen molar-refractivity contribution in [1.29, 1.82) is 0 Å². The Bertz CT molecular complexity index is 575. The van der Waals surface area contributed by atoms with E-state index in [0.717, 1.165) is 65.4 Å². The van der Waals surface area contributed by atoms with Gasteiger partial charge < -0.3 is 19.5 Å². The van der Waals surface area contributed by atoms with Gasteiger partial charge in [-0.05, 0) is 43.4 Å². The highest BCUT2D eigenvalue weighted by molar-refractivity contribution is 5.75. The zero-order valence-electron chi connectivity index (χ0n) is 16.6. The quantitative estimate of drug-likeness (QED) is 0.444. The molecule has 5 fully saturated rings. The lowest BCUT2D eigenvalue weighted by atomic mass is 9.53. The predicted octanol–water partition coefficient (Wildman–Crippen LogP) is 1.44. The van der Waals surface area contributed by atoms with Crippen LogP contribution in [0.2, 0.25) is 0 Å². The molecule has 2 saturated carbocycles. The van der Waals surface area contributed by atoms with E-state index in [1.807, 2.05) is 0 Å². The van der Waals surface area contributed by atoms with Gasteiger partial charge in [-0.3, -0.25) is 9.69 Å². The van der Waals surface area contributed by atoms with Crippen molar-refractivity contribution in [3.05, 3.63) is 0 Å². The van der Waals surface area contributed by atoms with E-state index in [4.69, 9.17) is 14.2 Å². The summed E-state index contributed by atoms with van der Waals surface area (Å²) in [5.74, 6) is 1.01. The first kappa shape index (κ1) is 18.3. The topological polar surface area (TPSA) is 63.3 Å². The molecule has 0 unspecified atom stereocenters. The smallest absolute Gasteiger partial charge is 0.310 e. The summed E-state index contributed by atoms with van der Waals surface area (Å²) in [6, 6.07) is 0. The zero-order valence-corrected chi connectivity index (χ0v) is 16.6. The van der Waals surface area contributed by atoms with Crippen molar-refractivity contribution in [2.75, 3.05) is 52.5 Å². The number of ether oxygens (including phenoxy) is 3. The second-order valence-corrected chi connectivity index (χ2v) is 9.76. The average Bonchev–Trinajstić information content (AvgIpc) is 3.36. The molecule has 0 amide bonds. The number of morpholine rings is 1. The molecule has 152 valence electrons. The molecule has 0 aromatic heterocycles. The van der Waals surface area contributed by atoms with Crippen LogP contribution in [0.15, 0.2) is 0 Å². The second kappa shape index (κ2) is 6.97. The van der Waals surface area contributed by atoms with Crippen LogP contribution in [0.1, 0.15) is 39.0 Å². The monoisotopic (exact) mass is 378 g/mol. The molecule has 3 heterocycles. The maximum Gasteiger partial charge on any atom is 0.310 e. The van der Waals surface area contributed by atoms with Gasteiger partial charge in [-0.2, -0.15) is 0 Å². The van der Waals surface area contributed by atoms with Gasteiger partial charge in [0.2, 0.25) is 0 Å². The van der Waals surface area contributed by atoms with Crippen LogP contribution in [0.5, 0.6) is 0 Å². The summed E-state index contributed by atoms with van der Waals surface area (Å²) in [5.41, 5.74) is 0.423. The van der Waals surface area contributed by atoms with E-state index in [1.54, 1.807) is 0 Å². The molecular formula is C21H34N2O4. The lowest BCUT2D eigenvalue weighted by molar-refractivity contribution is -0.147. The van der Waals surface area contributed by atoms with Gasteiger partial charge in [0.25, 0.3) is 0 Å². The zero-order chi connectivity index (χ0) is 18.5. The summed E-state index contributed by atoms with van der Waals surface area (Å²) in [4.78, 5) is 15.0. The number of esters is 1. The van der Waals surface area contributed by atoms with Crippen LogP contribution in [0, 0.1) is 23.2 Å². The first-order valence-electron chi connectivity index (χ1n) is 10.9. The Labute approximate surface area is 162 Å². The molecule has 0 bridgehead atoms. The Morgan fingerprint density at radius 3 is 2.85 bits per heavy atom. The Morgan fingerprint density at radius 1 is 1.26 bits per heavy atom. The number of hydrogen-bond acceptors (Lipinski definition) is 6. The van der Waals surface area contributed by atoms with Crippen molar-refractivity contribution in [2.24, 2.45) is 23.2 Å². The van der Waals surface area contributed by atoms with E-state index in [1.165, 1.54) is 19.3 Å². The molecule has 27 heavy (non-hydrogen) atoms. The number of epoxide rings is 1. The number of nitrogens with zero attached hydrogens (tertiary/aromatic N) is 1. The number of hydrogen-bond donors (Lipinski definition) is 1. The lowest BCUT2D eigenvalue weighted by Gasteiger charge is -2.51. The van der Waals surface area contributed by atoms with E-state index >= 15 is 0 Å². The molecule has 5 aliphatic rings. The van der Waals surface area contributed by atoms with Crippen LogP contribution in [-0.2, 0) is 19.0 Å². The number of nitrogens with one attached hydrogen (secondary N) is 1. The second-order valence-electron chi connectivity index (χ2n) is 9.76. The summed E-state index contributed by atoms with van der Waals surface area (Å²) in [6.45, 7) is 9.75. The van der Waals surface area contributed by atoms with Gasteiger partial charge >= 0.3 is 5.97 Å². The normalized spacial score (nSPS) is 46.8. The van der Waals surface area contributed by atoms with Crippen molar-refractivity contribution in [3.8, 4) is 0 Å². The van der Waals surface area contributed by atoms with E-state index < -0.39 is 0 Å². The Balaban J connectivity index is 1.18. The van der Waals surface area contributed by atoms with Gasteiger partial charge in [0.05, 0.1) is 31.3 Å². The Kier molecular flexibility index (Phi) is 4.74. The number of carbonyl (C=O) groups is 1. The summed E-state index contributed by atoms with van der Waals surface area (Å²) in [7, 11) is 0. The van der Waals surface area contributed by atoms with Gasteiger partial charge in [-0.1, -0.05) is 6.92 Å². The lowest BCUT2D eigenvalue weighted by Crippen LogP contribution is -2.51. The van der Waals surface area contributed by atoms with Crippen LogP contribution in [0.4, 0.5) is 0 Å². The first-order valence-corrected chi connectivity index (χ1v) is 10.9.